The van der Waals surface area contributed by atoms with Crippen LogP contribution in [-0.2, 0) is 4.74 Å². The number of hydrogen-bond acceptors (Lipinski definition) is 2. The van der Waals surface area contributed by atoms with Gasteiger partial charge in [-0.25, -0.2) is 0 Å². The van der Waals surface area contributed by atoms with Gasteiger partial charge < -0.3 is 10.1 Å². The molecule has 0 fully saturated rings. The van der Waals surface area contributed by atoms with Crippen LogP contribution >= 0.6 is 0 Å². The number of hydrogen-bond donors (Lipinski definition) is 1. The van der Waals surface area contributed by atoms with Crippen LogP contribution in [0.1, 0.15) is 40.0 Å². The lowest BCUT2D eigenvalue weighted by atomic mass is 10.1. The quantitative estimate of drug-likeness (QED) is 0.602. The molecule has 0 aliphatic carbocycles. The van der Waals surface area contributed by atoms with Crippen molar-refractivity contribution in [3.8, 4) is 12.3 Å². The minimum atomic E-state index is 0.252. The molecule has 0 amide bonds. The highest BCUT2D eigenvalue weighted by Crippen LogP contribution is 2.07. The molecular formula is C12H23NO. The SMILES string of the molecule is C#CCC(NCCC)C(CC)OCC. The van der Waals surface area contributed by atoms with Gasteiger partial charge in [-0.05, 0) is 26.3 Å². The Labute approximate surface area is 88.4 Å². The van der Waals surface area contributed by atoms with E-state index in [9.17, 15) is 0 Å². The van der Waals surface area contributed by atoms with Gasteiger partial charge in [0.05, 0.1) is 6.10 Å². The summed E-state index contributed by atoms with van der Waals surface area (Å²) in [6.07, 6.45) is 8.48. The second kappa shape index (κ2) is 9.05. The third kappa shape index (κ3) is 5.26. The second-order valence-corrected chi connectivity index (χ2v) is 3.37. The van der Waals surface area contributed by atoms with Gasteiger partial charge in [0.15, 0.2) is 0 Å². The summed E-state index contributed by atoms with van der Waals surface area (Å²) in [6, 6.07) is 0.310. The van der Waals surface area contributed by atoms with Gasteiger partial charge in [-0.1, -0.05) is 13.8 Å². The monoisotopic (exact) mass is 197 g/mol. The minimum Gasteiger partial charge on any atom is -0.377 e. The minimum absolute atomic E-state index is 0.252. The Morgan fingerprint density at radius 2 is 2.07 bits per heavy atom. The van der Waals surface area contributed by atoms with Crippen molar-refractivity contribution >= 4 is 0 Å². The maximum absolute atomic E-state index is 5.64. The summed E-state index contributed by atoms with van der Waals surface area (Å²) in [5, 5.41) is 3.44. The van der Waals surface area contributed by atoms with Gasteiger partial charge in [-0.2, -0.15) is 0 Å². The van der Waals surface area contributed by atoms with Crippen LogP contribution in [0.15, 0.2) is 0 Å². The van der Waals surface area contributed by atoms with Crippen molar-refractivity contribution in [1.82, 2.24) is 5.32 Å². The molecule has 0 aliphatic heterocycles. The molecule has 2 nitrogen and oxygen atoms in total. The molecular weight excluding hydrogens is 174 g/mol. The van der Waals surface area contributed by atoms with E-state index < -0.39 is 0 Å². The van der Waals surface area contributed by atoms with E-state index in [0.29, 0.717) is 6.04 Å². The molecule has 0 aromatic rings. The van der Waals surface area contributed by atoms with Crippen molar-refractivity contribution in [2.24, 2.45) is 0 Å². The number of ether oxygens (including phenoxy) is 1. The Bertz CT molecular complexity index is 162. The van der Waals surface area contributed by atoms with Gasteiger partial charge in [0.1, 0.15) is 0 Å². The lowest BCUT2D eigenvalue weighted by Crippen LogP contribution is -2.41. The molecule has 0 radical (unpaired) electrons. The lowest BCUT2D eigenvalue weighted by molar-refractivity contribution is 0.0332. The van der Waals surface area contributed by atoms with Crippen molar-refractivity contribution in [2.75, 3.05) is 13.2 Å². The Morgan fingerprint density at radius 1 is 1.36 bits per heavy atom. The number of rotatable bonds is 8. The molecule has 2 unspecified atom stereocenters. The highest BCUT2D eigenvalue weighted by atomic mass is 16.5. The first-order valence-corrected chi connectivity index (χ1v) is 5.58. The molecule has 14 heavy (non-hydrogen) atoms. The summed E-state index contributed by atoms with van der Waals surface area (Å²) in [5.41, 5.74) is 0. The lowest BCUT2D eigenvalue weighted by Gasteiger charge is -2.25. The predicted octanol–water partition coefficient (Wildman–Crippen LogP) is 2.19. The average Bonchev–Trinajstić information content (AvgIpc) is 2.21. The zero-order chi connectivity index (χ0) is 10.8. The highest BCUT2D eigenvalue weighted by Gasteiger charge is 2.18. The van der Waals surface area contributed by atoms with E-state index in [-0.39, 0.29) is 6.10 Å². The fourth-order valence-corrected chi connectivity index (χ4v) is 1.52. The molecule has 2 atom stereocenters. The van der Waals surface area contributed by atoms with E-state index in [1.807, 2.05) is 6.92 Å². The van der Waals surface area contributed by atoms with Gasteiger partial charge in [0.25, 0.3) is 0 Å². The Kier molecular flexibility index (Phi) is 8.72. The normalized spacial score (nSPS) is 14.7. The van der Waals surface area contributed by atoms with Gasteiger partial charge >= 0.3 is 0 Å². The van der Waals surface area contributed by atoms with Crippen LogP contribution in [0.25, 0.3) is 0 Å². The van der Waals surface area contributed by atoms with Crippen molar-refractivity contribution in [3.63, 3.8) is 0 Å². The van der Waals surface area contributed by atoms with Crippen molar-refractivity contribution in [3.05, 3.63) is 0 Å². The third-order valence-corrected chi connectivity index (χ3v) is 2.23. The van der Waals surface area contributed by atoms with Crippen molar-refractivity contribution in [2.45, 2.75) is 52.2 Å². The molecule has 0 rings (SSSR count). The van der Waals surface area contributed by atoms with Crippen LogP contribution < -0.4 is 5.32 Å². The molecule has 0 bridgehead atoms. The van der Waals surface area contributed by atoms with Gasteiger partial charge in [0.2, 0.25) is 0 Å². The Hall–Kier alpha value is -0.520. The van der Waals surface area contributed by atoms with Crippen LogP contribution in [-0.4, -0.2) is 25.3 Å². The summed E-state index contributed by atoms with van der Waals surface area (Å²) in [6.45, 7) is 8.08. The van der Waals surface area contributed by atoms with Crippen LogP contribution in [0.2, 0.25) is 0 Å². The molecule has 82 valence electrons. The maximum Gasteiger partial charge on any atom is 0.0734 e. The summed E-state index contributed by atoms with van der Waals surface area (Å²) in [5.74, 6) is 2.71. The number of nitrogens with one attached hydrogen (secondary N) is 1. The largest absolute Gasteiger partial charge is 0.377 e. The fourth-order valence-electron chi connectivity index (χ4n) is 1.52. The average molecular weight is 197 g/mol. The van der Waals surface area contributed by atoms with Crippen LogP contribution in [0.3, 0.4) is 0 Å². The summed E-state index contributed by atoms with van der Waals surface area (Å²) < 4.78 is 5.64. The van der Waals surface area contributed by atoms with Crippen LogP contribution in [0, 0.1) is 12.3 Å². The third-order valence-electron chi connectivity index (χ3n) is 2.23. The zero-order valence-electron chi connectivity index (χ0n) is 9.68. The molecule has 2 heteroatoms. The molecule has 0 heterocycles. The summed E-state index contributed by atoms with van der Waals surface area (Å²) in [4.78, 5) is 0. The smallest absolute Gasteiger partial charge is 0.0734 e. The Balaban J connectivity index is 4.06. The first-order chi connectivity index (χ1) is 6.79. The van der Waals surface area contributed by atoms with E-state index >= 15 is 0 Å². The van der Waals surface area contributed by atoms with E-state index in [1.165, 1.54) is 0 Å². The molecule has 0 spiro atoms. The van der Waals surface area contributed by atoms with E-state index in [0.717, 1.165) is 32.4 Å². The zero-order valence-corrected chi connectivity index (χ0v) is 9.68. The second-order valence-electron chi connectivity index (χ2n) is 3.37. The van der Waals surface area contributed by atoms with Gasteiger partial charge in [-0.3, -0.25) is 0 Å². The molecule has 0 aliphatic rings. The standard InChI is InChI=1S/C12H23NO/c1-5-9-11(13-10-6-2)12(7-3)14-8-4/h1,11-13H,6-10H2,2-4H3. The molecule has 0 aromatic heterocycles. The van der Waals surface area contributed by atoms with E-state index in [2.05, 4.69) is 25.1 Å². The molecule has 1 N–H and O–H groups in total. The summed E-state index contributed by atoms with van der Waals surface area (Å²) in [7, 11) is 0. The highest BCUT2D eigenvalue weighted by molar-refractivity contribution is 4.92. The Morgan fingerprint density at radius 3 is 2.50 bits per heavy atom. The molecule has 0 saturated carbocycles. The molecule has 0 saturated heterocycles. The van der Waals surface area contributed by atoms with Gasteiger partial charge in [0, 0.05) is 19.1 Å². The number of terminal acetylenes is 1. The van der Waals surface area contributed by atoms with Crippen molar-refractivity contribution in [1.29, 1.82) is 0 Å². The van der Waals surface area contributed by atoms with Gasteiger partial charge in [-0.15, -0.1) is 12.3 Å². The van der Waals surface area contributed by atoms with E-state index in [1.54, 1.807) is 0 Å². The van der Waals surface area contributed by atoms with Crippen LogP contribution in [0.4, 0.5) is 0 Å². The van der Waals surface area contributed by atoms with Crippen molar-refractivity contribution < 1.29 is 4.74 Å². The first-order valence-electron chi connectivity index (χ1n) is 5.58. The maximum atomic E-state index is 5.64. The predicted molar refractivity (Wildman–Crippen MR) is 61.2 cm³/mol. The molecule has 0 aromatic carbocycles. The fraction of sp³-hybridized carbons (Fsp3) is 0.833. The van der Waals surface area contributed by atoms with Crippen LogP contribution in [0.5, 0.6) is 0 Å². The summed E-state index contributed by atoms with van der Waals surface area (Å²) >= 11 is 0. The first kappa shape index (κ1) is 13.5. The topological polar surface area (TPSA) is 21.3 Å². The van der Waals surface area contributed by atoms with E-state index in [4.69, 9.17) is 11.2 Å².